The zero-order valence-electron chi connectivity index (χ0n) is 8.36. The maximum absolute atomic E-state index is 11.1. The Hall–Kier alpha value is -0.741. The van der Waals surface area contributed by atoms with Crippen LogP contribution in [0.3, 0.4) is 0 Å². The van der Waals surface area contributed by atoms with Crippen LogP contribution in [0.1, 0.15) is 20.8 Å². The Bertz CT molecular complexity index is 224. The molecule has 0 aromatic heterocycles. The summed E-state index contributed by atoms with van der Waals surface area (Å²) in [7, 11) is 0. The molecule has 6 heteroatoms. The van der Waals surface area contributed by atoms with Gasteiger partial charge in [0.2, 0.25) is 0 Å². The first-order valence-corrected chi connectivity index (χ1v) is 5.28. The second kappa shape index (κ2) is 5.22. The van der Waals surface area contributed by atoms with E-state index in [1.807, 2.05) is 0 Å². The van der Waals surface area contributed by atoms with E-state index in [1.54, 1.807) is 20.8 Å². The number of carbonyl (C=O) groups excluding carboxylic acids is 1. The number of hydrogen-bond donors (Lipinski definition) is 2. The van der Waals surface area contributed by atoms with Crippen LogP contribution in [-0.4, -0.2) is 44.8 Å². The van der Waals surface area contributed by atoms with Gasteiger partial charge in [0.1, 0.15) is 0 Å². The molecule has 2 N–H and O–H groups in total. The molecular formula is C8H14NO4Se. The number of hydrogen-bond acceptors (Lipinski definition) is 3. The average Bonchev–Trinajstić information content (AvgIpc) is 1.96. The second-order valence-electron chi connectivity index (χ2n) is 3.70. The van der Waals surface area contributed by atoms with Crippen LogP contribution in [0.25, 0.3) is 0 Å². The topological polar surface area (TPSA) is 75.6 Å². The Morgan fingerprint density at radius 1 is 1.50 bits per heavy atom. The van der Waals surface area contributed by atoms with Crippen LogP contribution >= 0.6 is 0 Å². The van der Waals surface area contributed by atoms with Gasteiger partial charge in [-0.15, -0.1) is 0 Å². The van der Waals surface area contributed by atoms with Crippen molar-refractivity contribution < 1.29 is 19.4 Å². The molecular weight excluding hydrogens is 253 g/mol. The van der Waals surface area contributed by atoms with Crippen LogP contribution in [0.4, 0.5) is 4.79 Å². The molecule has 0 spiro atoms. The minimum absolute atomic E-state index is 0.203. The number of alkyl carbamates (subject to hydrolysis) is 1. The first-order valence-electron chi connectivity index (χ1n) is 4.06. The van der Waals surface area contributed by atoms with Gasteiger partial charge in [0.05, 0.1) is 0 Å². The fourth-order valence-electron chi connectivity index (χ4n) is 0.625. The SMILES string of the molecule is CC(C)(C)OC(=O)N[C@@H](C[Se])C(=O)O. The van der Waals surface area contributed by atoms with E-state index in [4.69, 9.17) is 9.84 Å². The predicted molar refractivity (Wildman–Crippen MR) is 51.4 cm³/mol. The Morgan fingerprint density at radius 3 is 2.29 bits per heavy atom. The molecule has 0 saturated carbocycles. The van der Waals surface area contributed by atoms with Gasteiger partial charge in [-0.05, 0) is 0 Å². The molecule has 81 valence electrons. The molecule has 0 bridgehead atoms. The van der Waals surface area contributed by atoms with Gasteiger partial charge >= 0.3 is 90.6 Å². The van der Waals surface area contributed by atoms with E-state index in [1.165, 1.54) is 0 Å². The fourth-order valence-corrected chi connectivity index (χ4v) is 1.10. The molecule has 5 nitrogen and oxygen atoms in total. The normalized spacial score (nSPS) is 13.1. The molecule has 0 aliphatic carbocycles. The summed E-state index contributed by atoms with van der Waals surface area (Å²) in [6, 6.07) is -0.940. The molecule has 0 aliphatic rings. The van der Waals surface area contributed by atoms with Crippen LogP contribution in [0.5, 0.6) is 0 Å². The molecule has 0 aliphatic heterocycles. The summed E-state index contributed by atoms with van der Waals surface area (Å²) >= 11 is 2.54. The summed E-state index contributed by atoms with van der Waals surface area (Å²) in [5.74, 6) is -1.09. The number of rotatable bonds is 3. The number of carbonyl (C=O) groups is 2. The maximum atomic E-state index is 11.1. The summed E-state index contributed by atoms with van der Waals surface area (Å²) in [6.45, 7) is 5.13. The number of aliphatic carboxylic acids is 1. The molecule has 0 fully saturated rings. The van der Waals surface area contributed by atoms with E-state index < -0.39 is 23.7 Å². The summed E-state index contributed by atoms with van der Waals surface area (Å²) in [5.41, 5.74) is -0.620. The van der Waals surface area contributed by atoms with Crippen molar-refractivity contribution in [3.05, 3.63) is 0 Å². The molecule has 14 heavy (non-hydrogen) atoms. The summed E-state index contributed by atoms with van der Waals surface area (Å²) in [6.07, 6.45) is -0.722. The van der Waals surface area contributed by atoms with E-state index in [9.17, 15) is 9.59 Å². The van der Waals surface area contributed by atoms with Crippen LogP contribution in [0, 0.1) is 0 Å². The first-order chi connectivity index (χ1) is 6.26. The van der Waals surface area contributed by atoms with E-state index in [-0.39, 0.29) is 5.32 Å². The molecule has 0 rings (SSSR count). The van der Waals surface area contributed by atoms with Crippen molar-refractivity contribution in [3.63, 3.8) is 0 Å². The molecule has 1 amide bonds. The number of carboxylic acids is 1. The minimum atomic E-state index is -1.09. The van der Waals surface area contributed by atoms with Crippen LogP contribution < -0.4 is 5.32 Å². The van der Waals surface area contributed by atoms with Crippen LogP contribution in [-0.2, 0) is 9.53 Å². The quantitative estimate of drug-likeness (QED) is 0.732. The van der Waals surface area contributed by atoms with Gasteiger partial charge in [0.15, 0.2) is 0 Å². The summed E-state index contributed by atoms with van der Waals surface area (Å²) in [4.78, 5) is 21.7. The predicted octanol–water partition coefficient (Wildman–Crippen LogP) is 0.551. The standard InChI is InChI=1S/C8H14NO4Se/c1-8(2,3)13-7(12)9-5(4-14)6(10)11/h5H,4H2,1-3H3,(H,9,12)(H,10,11)/t5-/m0/s1. The zero-order chi connectivity index (χ0) is 11.4. The number of nitrogens with one attached hydrogen (secondary N) is 1. The third-order valence-electron chi connectivity index (χ3n) is 1.16. The Balaban J connectivity index is 4.11. The van der Waals surface area contributed by atoms with Gasteiger partial charge in [-0.3, -0.25) is 0 Å². The molecule has 0 aromatic carbocycles. The monoisotopic (exact) mass is 268 g/mol. The number of amides is 1. The van der Waals surface area contributed by atoms with Crippen molar-refractivity contribution in [2.45, 2.75) is 37.7 Å². The Labute approximate surface area is 91.0 Å². The Kier molecular flexibility index (Phi) is 4.94. The molecule has 1 atom stereocenters. The fraction of sp³-hybridized carbons (Fsp3) is 0.750. The van der Waals surface area contributed by atoms with Crippen molar-refractivity contribution >= 4 is 28.1 Å². The van der Waals surface area contributed by atoms with Gasteiger partial charge < -0.3 is 0 Å². The molecule has 0 unspecified atom stereocenters. The number of ether oxygens (including phenoxy) is 1. The van der Waals surface area contributed by atoms with Gasteiger partial charge in [-0.25, -0.2) is 0 Å². The van der Waals surface area contributed by atoms with Crippen molar-refractivity contribution in [2.75, 3.05) is 0 Å². The van der Waals surface area contributed by atoms with Crippen molar-refractivity contribution in [3.8, 4) is 0 Å². The van der Waals surface area contributed by atoms with Gasteiger partial charge in [-0.1, -0.05) is 0 Å². The van der Waals surface area contributed by atoms with E-state index in [0.29, 0.717) is 0 Å². The van der Waals surface area contributed by atoms with E-state index in [2.05, 4.69) is 21.3 Å². The summed E-state index contributed by atoms with van der Waals surface area (Å²) < 4.78 is 4.89. The third-order valence-corrected chi connectivity index (χ3v) is 1.86. The zero-order valence-corrected chi connectivity index (χ0v) is 10.1. The number of carboxylic acid groups (broad SMARTS) is 1. The van der Waals surface area contributed by atoms with E-state index >= 15 is 0 Å². The van der Waals surface area contributed by atoms with Gasteiger partial charge in [0, 0.05) is 0 Å². The molecule has 0 saturated heterocycles. The third kappa shape index (κ3) is 5.83. The molecule has 1 radical (unpaired) electrons. The second-order valence-corrected chi connectivity index (χ2v) is 4.40. The van der Waals surface area contributed by atoms with Crippen molar-refractivity contribution in [2.24, 2.45) is 0 Å². The van der Waals surface area contributed by atoms with Crippen LogP contribution in [0.15, 0.2) is 0 Å². The molecule has 0 aromatic rings. The first kappa shape index (κ1) is 13.3. The van der Waals surface area contributed by atoms with Gasteiger partial charge in [0.25, 0.3) is 0 Å². The van der Waals surface area contributed by atoms with Crippen LogP contribution in [0.2, 0.25) is 5.32 Å². The Morgan fingerprint density at radius 2 is 2.00 bits per heavy atom. The van der Waals surface area contributed by atoms with Crippen molar-refractivity contribution in [1.82, 2.24) is 5.32 Å². The molecule has 0 heterocycles. The van der Waals surface area contributed by atoms with Crippen molar-refractivity contribution in [1.29, 1.82) is 0 Å². The summed E-state index contributed by atoms with van der Waals surface area (Å²) in [5, 5.41) is 11.1. The van der Waals surface area contributed by atoms with E-state index in [0.717, 1.165) is 0 Å². The van der Waals surface area contributed by atoms with Gasteiger partial charge in [-0.2, -0.15) is 0 Å². The average molecular weight is 267 g/mol.